The molecule has 35 heavy (non-hydrogen) atoms. The fraction of sp³-hybridized carbons (Fsp3) is 0.0870. The third-order valence-corrected chi connectivity index (χ3v) is 5.59. The quantitative estimate of drug-likeness (QED) is 0.175. The minimum Gasteiger partial charge on any atom is -0.482 e. The smallest absolute Gasteiger partial charge is 0.269 e. The number of non-ortho nitro benzene ring substituents is 1. The number of amides is 2. The average molecular weight is 517 g/mol. The fourth-order valence-corrected chi connectivity index (χ4v) is 3.57. The zero-order valence-corrected chi connectivity index (χ0v) is 19.5. The van der Waals surface area contributed by atoms with Gasteiger partial charge in [-0.2, -0.15) is 5.10 Å². The summed E-state index contributed by atoms with van der Waals surface area (Å²) in [6.07, 6.45) is 1.38. The summed E-state index contributed by atoms with van der Waals surface area (Å²) in [4.78, 5) is 34.8. The molecule has 0 bridgehead atoms. The van der Waals surface area contributed by atoms with Crippen LogP contribution in [-0.2, 0) is 9.59 Å². The molecule has 3 rings (SSSR count). The highest BCUT2D eigenvalue weighted by molar-refractivity contribution is 8.00. The lowest BCUT2D eigenvalue weighted by Gasteiger charge is -2.09. The number of para-hydroxylation sites is 1. The number of hydrazone groups is 1. The van der Waals surface area contributed by atoms with Crippen LogP contribution in [0.1, 0.15) is 5.56 Å². The Kier molecular flexibility index (Phi) is 9.16. The molecule has 3 aromatic rings. The molecule has 9 nitrogen and oxygen atoms in total. The molecule has 0 saturated heterocycles. The van der Waals surface area contributed by atoms with E-state index in [1.165, 1.54) is 60.4 Å². The zero-order valence-electron chi connectivity index (χ0n) is 17.9. The van der Waals surface area contributed by atoms with E-state index in [0.717, 1.165) is 0 Å². The van der Waals surface area contributed by atoms with Gasteiger partial charge in [-0.05, 0) is 48.0 Å². The van der Waals surface area contributed by atoms with Crippen molar-refractivity contribution in [3.8, 4) is 5.75 Å². The van der Waals surface area contributed by atoms with Gasteiger partial charge in [-0.25, -0.2) is 9.82 Å². The topological polar surface area (TPSA) is 123 Å². The van der Waals surface area contributed by atoms with E-state index in [2.05, 4.69) is 15.8 Å². The van der Waals surface area contributed by atoms with E-state index in [-0.39, 0.29) is 40.4 Å². The summed E-state index contributed by atoms with van der Waals surface area (Å²) in [5, 5.41) is 17.1. The molecule has 0 atom stereocenters. The molecule has 0 heterocycles. The number of halogens is 2. The molecule has 2 N–H and O–H groups in total. The van der Waals surface area contributed by atoms with Gasteiger partial charge in [0.1, 0.15) is 11.6 Å². The Morgan fingerprint density at radius 2 is 1.86 bits per heavy atom. The number of nitro groups is 1. The predicted molar refractivity (Wildman–Crippen MR) is 132 cm³/mol. The number of rotatable bonds is 10. The van der Waals surface area contributed by atoms with Crippen molar-refractivity contribution in [2.75, 3.05) is 17.7 Å². The molecule has 0 saturated carbocycles. The van der Waals surface area contributed by atoms with Crippen molar-refractivity contribution in [1.82, 2.24) is 5.43 Å². The minimum absolute atomic E-state index is 0.0238. The summed E-state index contributed by atoms with van der Waals surface area (Å²) in [6, 6.07) is 16.3. The van der Waals surface area contributed by atoms with Crippen LogP contribution in [0, 0.1) is 15.9 Å². The van der Waals surface area contributed by atoms with Gasteiger partial charge in [-0.15, -0.1) is 11.8 Å². The Morgan fingerprint density at radius 1 is 1.11 bits per heavy atom. The van der Waals surface area contributed by atoms with Crippen LogP contribution in [0.15, 0.2) is 76.7 Å². The SMILES string of the molecule is O=C(CSc1ccc([N+](=O)[O-])cc1)N/N=C\c1ccc(OCC(=O)Nc2ccccc2F)c(Cl)c1. The van der Waals surface area contributed by atoms with Gasteiger partial charge in [0.25, 0.3) is 11.6 Å². The molecule has 12 heteroatoms. The van der Waals surface area contributed by atoms with Gasteiger partial charge in [0.15, 0.2) is 6.61 Å². The highest BCUT2D eigenvalue weighted by Gasteiger charge is 2.10. The number of hydrogen-bond donors (Lipinski definition) is 2. The lowest BCUT2D eigenvalue weighted by molar-refractivity contribution is -0.384. The number of anilines is 1. The van der Waals surface area contributed by atoms with Gasteiger partial charge in [0.2, 0.25) is 5.91 Å². The number of carbonyl (C=O) groups is 2. The molecule has 0 spiro atoms. The average Bonchev–Trinajstić information content (AvgIpc) is 2.84. The number of nitrogens with zero attached hydrogens (tertiary/aromatic N) is 2. The van der Waals surface area contributed by atoms with Crippen molar-refractivity contribution in [3.63, 3.8) is 0 Å². The predicted octanol–water partition coefficient (Wildman–Crippen LogP) is 4.65. The number of benzene rings is 3. The largest absolute Gasteiger partial charge is 0.482 e. The summed E-state index contributed by atoms with van der Waals surface area (Å²) in [6.45, 7) is -0.371. The number of ether oxygens (including phenoxy) is 1. The molecule has 0 aliphatic heterocycles. The van der Waals surface area contributed by atoms with Crippen molar-refractivity contribution < 1.29 is 23.6 Å². The number of carbonyl (C=O) groups excluding carboxylic acids is 2. The van der Waals surface area contributed by atoms with Crippen molar-refractivity contribution in [1.29, 1.82) is 0 Å². The second-order valence-corrected chi connectivity index (χ2v) is 8.30. The first-order chi connectivity index (χ1) is 16.8. The zero-order chi connectivity index (χ0) is 25.2. The van der Waals surface area contributed by atoms with Gasteiger partial charge in [-0.3, -0.25) is 19.7 Å². The standard InChI is InChI=1S/C23H18ClFN4O5S/c24-18-11-15(5-10-21(18)34-13-22(30)27-20-4-2-1-3-19(20)25)12-26-28-23(31)14-35-17-8-6-16(7-9-17)29(32)33/h1-12H,13-14H2,(H,27,30)(H,28,31)/b26-12-. The van der Waals surface area contributed by atoms with Gasteiger partial charge >= 0.3 is 0 Å². The van der Waals surface area contributed by atoms with E-state index in [1.54, 1.807) is 24.3 Å². The Balaban J connectivity index is 1.44. The van der Waals surface area contributed by atoms with Crippen LogP contribution in [0.4, 0.5) is 15.8 Å². The second kappa shape index (κ2) is 12.5. The maximum Gasteiger partial charge on any atom is 0.269 e. The molecule has 180 valence electrons. The van der Waals surface area contributed by atoms with Crippen LogP contribution in [0.5, 0.6) is 5.75 Å². The van der Waals surface area contributed by atoms with E-state index >= 15 is 0 Å². The molecule has 0 aromatic heterocycles. The first-order valence-electron chi connectivity index (χ1n) is 9.97. The van der Waals surface area contributed by atoms with E-state index in [1.807, 2.05) is 0 Å². The summed E-state index contributed by atoms with van der Waals surface area (Å²) in [5.74, 6) is -1.16. The van der Waals surface area contributed by atoms with E-state index in [0.29, 0.717) is 10.5 Å². The van der Waals surface area contributed by atoms with E-state index < -0.39 is 16.6 Å². The number of nitro benzene ring substituents is 1. The summed E-state index contributed by atoms with van der Waals surface area (Å²) >= 11 is 7.39. The maximum absolute atomic E-state index is 13.6. The molecule has 3 aromatic carbocycles. The monoisotopic (exact) mass is 516 g/mol. The van der Waals surface area contributed by atoms with Gasteiger partial charge in [0, 0.05) is 17.0 Å². The minimum atomic E-state index is -0.556. The maximum atomic E-state index is 13.6. The van der Waals surface area contributed by atoms with Gasteiger partial charge in [-0.1, -0.05) is 23.7 Å². The van der Waals surface area contributed by atoms with Gasteiger partial charge in [0.05, 0.1) is 27.6 Å². The van der Waals surface area contributed by atoms with Crippen molar-refractivity contribution in [2.24, 2.45) is 5.10 Å². The van der Waals surface area contributed by atoms with Crippen molar-refractivity contribution in [2.45, 2.75) is 4.90 Å². The van der Waals surface area contributed by atoms with Crippen LogP contribution in [0.2, 0.25) is 5.02 Å². The highest BCUT2D eigenvalue weighted by Crippen LogP contribution is 2.25. The van der Waals surface area contributed by atoms with Crippen molar-refractivity contribution in [3.05, 3.63) is 93.2 Å². The lowest BCUT2D eigenvalue weighted by Crippen LogP contribution is -2.20. The molecule has 0 aliphatic carbocycles. The molecule has 2 amide bonds. The summed E-state index contributed by atoms with van der Waals surface area (Å²) in [5.41, 5.74) is 2.97. The van der Waals surface area contributed by atoms with Crippen LogP contribution >= 0.6 is 23.4 Å². The van der Waals surface area contributed by atoms with Crippen molar-refractivity contribution >= 4 is 52.8 Å². The summed E-state index contributed by atoms with van der Waals surface area (Å²) in [7, 11) is 0. The number of nitrogens with one attached hydrogen (secondary N) is 2. The second-order valence-electron chi connectivity index (χ2n) is 6.84. The van der Waals surface area contributed by atoms with Crippen LogP contribution < -0.4 is 15.5 Å². The Hall–Kier alpha value is -3.96. The Bertz CT molecular complexity index is 1260. The van der Waals surface area contributed by atoms with Crippen LogP contribution in [0.3, 0.4) is 0 Å². The molecular formula is C23H18ClFN4O5S. The van der Waals surface area contributed by atoms with E-state index in [9.17, 15) is 24.1 Å². The molecule has 0 aliphatic rings. The molecule has 0 fully saturated rings. The number of hydrogen-bond acceptors (Lipinski definition) is 7. The van der Waals surface area contributed by atoms with Crippen LogP contribution in [0.25, 0.3) is 0 Å². The highest BCUT2D eigenvalue weighted by atomic mass is 35.5. The molecule has 0 unspecified atom stereocenters. The lowest BCUT2D eigenvalue weighted by atomic mass is 10.2. The third-order valence-electron chi connectivity index (χ3n) is 4.28. The van der Waals surface area contributed by atoms with E-state index in [4.69, 9.17) is 16.3 Å². The third kappa shape index (κ3) is 8.09. The Morgan fingerprint density at radius 3 is 2.54 bits per heavy atom. The fourth-order valence-electron chi connectivity index (χ4n) is 2.63. The molecule has 0 radical (unpaired) electrons. The first-order valence-corrected chi connectivity index (χ1v) is 11.3. The van der Waals surface area contributed by atoms with Gasteiger partial charge < -0.3 is 10.1 Å². The normalized spacial score (nSPS) is 10.7. The first kappa shape index (κ1) is 25.7. The van der Waals surface area contributed by atoms with Crippen LogP contribution in [-0.4, -0.2) is 35.3 Å². The summed E-state index contributed by atoms with van der Waals surface area (Å²) < 4.78 is 19.0. The number of thioether (sulfide) groups is 1. The molecular weight excluding hydrogens is 499 g/mol. The Labute approximate surface area is 208 Å².